The maximum absolute atomic E-state index is 8.61. The van der Waals surface area contributed by atoms with Crippen LogP contribution in [-0.2, 0) is 6.54 Å². The van der Waals surface area contributed by atoms with E-state index in [4.69, 9.17) is 9.84 Å². The zero-order valence-corrected chi connectivity index (χ0v) is 15.5. The monoisotopic (exact) mass is 402 g/mol. The lowest BCUT2D eigenvalue weighted by Crippen LogP contribution is -2.23. The minimum absolute atomic E-state index is 0. The molecule has 1 aromatic rings. The average molecular weight is 404 g/mol. The van der Waals surface area contributed by atoms with Crippen LogP contribution in [0.4, 0.5) is 0 Å². The van der Waals surface area contributed by atoms with E-state index >= 15 is 0 Å². The van der Waals surface area contributed by atoms with Gasteiger partial charge in [-0.05, 0) is 60.1 Å². The maximum Gasteiger partial charge on any atom is 0.133 e. The van der Waals surface area contributed by atoms with E-state index in [1.165, 1.54) is 5.56 Å². The van der Waals surface area contributed by atoms with Crippen LogP contribution < -0.4 is 15.4 Å². The summed E-state index contributed by atoms with van der Waals surface area (Å²) in [5.74, 6) is 0.888. The number of nitrogens with one attached hydrogen (secondary N) is 2. The number of benzene rings is 1. The van der Waals surface area contributed by atoms with Crippen molar-refractivity contribution in [3.63, 3.8) is 0 Å². The first-order chi connectivity index (χ1) is 9.27. The van der Waals surface area contributed by atoms with Crippen LogP contribution in [0, 0.1) is 0 Å². The molecule has 1 aromatic carbocycles. The van der Waals surface area contributed by atoms with E-state index in [2.05, 4.69) is 38.7 Å². The molecule has 4 nitrogen and oxygen atoms in total. The summed E-state index contributed by atoms with van der Waals surface area (Å²) in [6.45, 7) is 6.28. The molecule has 0 atom stereocenters. The molecule has 0 aliphatic rings. The zero-order valence-electron chi connectivity index (χ0n) is 12.2. The van der Waals surface area contributed by atoms with Gasteiger partial charge in [-0.3, -0.25) is 0 Å². The molecule has 0 heterocycles. The molecule has 0 radical (unpaired) electrons. The molecule has 0 saturated carbocycles. The molecular weight excluding hydrogens is 379 g/mol. The molecule has 0 bridgehead atoms. The lowest BCUT2D eigenvalue weighted by molar-refractivity contribution is 0.292. The van der Waals surface area contributed by atoms with Gasteiger partial charge in [-0.15, -0.1) is 24.8 Å². The summed E-state index contributed by atoms with van der Waals surface area (Å²) in [5.41, 5.74) is 1.23. The molecule has 0 amide bonds. The molecule has 7 heteroatoms. The summed E-state index contributed by atoms with van der Waals surface area (Å²) in [5, 5.41) is 15.2. The SMILES string of the molecule is CCOc1ccc(CNCCCNCCO)cc1Br.Cl.Cl. The number of hydrogen-bond acceptors (Lipinski definition) is 4. The van der Waals surface area contributed by atoms with Crippen LogP contribution in [0.2, 0.25) is 0 Å². The van der Waals surface area contributed by atoms with Crippen molar-refractivity contribution in [1.82, 2.24) is 10.6 Å². The summed E-state index contributed by atoms with van der Waals surface area (Å²) >= 11 is 3.51. The Hall–Kier alpha value is -0.0400. The van der Waals surface area contributed by atoms with Crippen molar-refractivity contribution >= 4 is 40.7 Å². The molecule has 0 saturated heterocycles. The van der Waals surface area contributed by atoms with E-state index < -0.39 is 0 Å². The minimum atomic E-state index is 0. The van der Waals surface area contributed by atoms with Crippen molar-refractivity contribution in [2.24, 2.45) is 0 Å². The van der Waals surface area contributed by atoms with Crippen LogP contribution >= 0.6 is 40.7 Å². The Bertz CT molecular complexity index is 371. The highest BCUT2D eigenvalue weighted by atomic mass is 79.9. The fourth-order valence-corrected chi connectivity index (χ4v) is 2.24. The van der Waals surface area contributed by atoms with Gasteiger partial charge in [0.15, 0.2) is 0 Å². The number of aliphatic hydroxyl groups is 1. The molecular formula is C14H25BrCl2N2O2. The van der Waals surface area contributed by atoms with E-state index in [0.717, 1.165) is 36.3 Å². The van der Waals surface area contributed by atoms with Crippen LogP contribution in [-0.4, -0.2) is 38.0 Å². The summed E-state index contributed by atoms with van der Waals surface area (Å²) in [7, 11) is 0. The summed E-state index contributed by atoms with van der Waals surface area (Å²) in [4.78, 5) is 0. The molecule has 0 aliphatic carbocycles. The quantitative estimate of drug-likeness (QED) is 0.525. The topological polar surface area (TPSA) is 53.5 Å². The van der Waals surface area contributed by atoms with Gasteiger partial charge in [0.05, 0.1) is 17.7 Å². The van der Waals surface area contributed by atoms with Gasteiger partial charge in [-0.25, -0.2) is 0 Å². The molecule has 0 spiro atoms. The lowest BCUT2D eigenvalue weighted by Gasteiger charge is -2.09. The fraction of sp³-hybridized carbons (Fsp3) is 0.571. The molecule has 1 rings (SSSR count). The third kappa shape index (κ3) is 10.3. The van der Waals surface area contributed by atoms with E-state index in [0.29, 0.717) is 13.2 Å². The molecule has 124 valence electrons. The first-order valence-corrected chi connectivity index (χ1v) is 7.50. The summed E-state index contributed by atoms with van der Waals surface area (Å²) in [6.07, 6.45) is 1.05. The second kappa shape index (κ2) is 14.9. The molecule has 0 aliphatic heterocycles. The third-order valence-electron chi connectivity index (χ3n) is 2.62. The number of ether oxygens (including phenoxy) is 1. The van der Waals surface area contributed by atoms with Gasteiger partial charge in [0.2, 0.25) is 0 Å². The Morgan fingerprint density at radius 1 is 1.14 bits per heavy atom. The van der Waals surface area contributed by atoms with Gasteiger partial charge < -0.3 is 20.5 Å². The van der Waals surface area contributed by atoms with Gasteiger partial charge in [0, 0.05) is 13.1 Å². The number of halogens is 3. The van der Waals surface area contributed by atoms with Crippen molar-refractivity contribution in [3.8, 4) is 5.75 Å². The zero-order chi connectivity index (χ0) is 13.9. The smallest absolute Gasteiger partial charge is 0.133 e. The lowest BCUT2D eigenvalue weighted by atomic mass is 10.2. The largest absolute Gasteiger partial charge is 0.493 e. The van der Waals surface area contributed by atoms with Crippen LogP contribution in [0.25, 0.3) is 0 Å². The maximum atomic E-state index is 8.61. The summed E-state index contributed by atoms with van der Waals surface area (Å²) in [6, 6.07) is 6.15. The van der Waals surface area contributed by atoms with Gasteiger partial charge in [-0.1, -0.05) is 6.07 Å². The van der Waals surface area contributed by atoms with Gasteiger partial charge in [-0.2, -0.15) is 0 Å². The number of rotatable bonds is 10. The third-order valence-corrected chi connectivity index (χ3v) is 3.24. The number of aliphatic hydroxyl groups excluding tert-OH is 1. The Kier molecular flexibility index (Phi) is 16.5. The molecule has 3 N–H and O–H groups in total. The van der Waals surface area contributed by atoms with E-state index in [-0.39, 0.29) is 31.4 Å². The van der Waals surface area contributed by atoms with E-state index in [9.17, 15) is 0 Å². The van der Waals surface area contributed by atoms with Crippen LogP contribution in [0.5, 0.6) is 5.75 Å². The van der Waals surface area contributed by atoms with Gasteiger partial charge in [0.25, 0.3) is 0 Å². The van der Waals surface area contributed by atoms with Crippen molar-refractivity contribution in [1.29, 1.82) is 0 Å². The van der Waals surface area contributed by atoms with Crippen molar-refractivity contribution in [3.05, 3.63) is 28.2 Å². The van der Waals surface area contributed by atoms with E-state index in [1.54, 1.807) is 0 Å². The molecule has 0 aromatic heterocycles. The second-order valence-corrected chi connectivity index (χ2v) is 5.06. The Morgan fingerprint density at radius 2 is 1.86 bits per heavy atom. The van der Waals surface area contributed by atoms with Crippen molar-refractivity contribution in [2.45, 2.75) is 19.9 Å². The highest BCUT2D eigenvalue weighted by molar-refractivity contribution is 9.10. The first-order valence-electron chi connectivity index (χ1n) is 6.71. The minimum Gasteiger partial charge on any atom is -0.493 e. The van der Waals surface area contributed by atoms with Crippen molar-refractivity contribution in [2.75, 3.05) is 32.8 Å². The molecule has 0 unspecified atom stereocenters. The number of hydrogen-bond donors (Lipinski definition) is 3. The highest BCUT2D eigenvalue weighted by Gasteiger charge is 2.01. The van der Waals surface area contributed by atoms with Gasteiger partial charge in [0.1, 0.15) is 5.75 Å². The van der Waals surface area contributed by atoms with Crippen LogP contribution in [0.15, 0.2) is 22.7 Å². The van der Waals surface area contributed by atoms with E-state index in [1.807, 2.05) is 13.0 Å². The standard InChI is InChI=1S/C14H23BrN2O2.2ClH/c1-2-19-14-5-4-12(10-13(14)15)11-17-7-3-6-16-8-9-18;;/h4-5,10,16-18H,2-3,6-9,11H2,1H3;2*1H. The summed E-state index contributed by atoms with van der Waals surface area (Å²) < 4.78 is 6.47. The predicted molar refractivity (Wildman–Crippen MR) is 96.1 cm³/mol. The molecule has 21 heavy (non-hydrogen) atoms. The molecule has 0 fully saturated rings. The van der Waals surface area contributed by atoms with Gasteiger partial charge >= 0.3 is 0 Å². The van der Waals surface area contributed by atoms with Crippen LogP contribution in [0.1, 0.15) is 18.9 Å². The first kappa shape index (κ1) is 23.2. The Balaban J connectivity index is 0. The normalized spacial score (nSPS) is 9.67. The fourth-order valence-electron chi connectivity index (χ4n) is 1.70. The Morgan fingerprint density at radius 3 is 2.48 bits per heavy atom. The highest BCUT2D eigenvalue weighted by Crippen LogP contribution is 2.25. The predicted octanol–water partition coefficient (Wildman–Crippen LogP) is 2.75. The van der Waals surface area contributed by atoms with Crippen LogP contribution in [0.3, 0.4) is 0 Å². The Labute approximate surface area is 148 Å². The van der Waals surface area contributed by atoms with Crippen molar-refractivity contribution < 1.29 is 9.84 Å². The average Bonchev–Trinajstić information content (AvgIpc) is 2.41. The second-order valence-electron chi connectivity index (χ2n) is 4.20.